The summed E-state index contributed by atoms with van der Waals surface area (Å²) in [5.41, 5.74) is 5.41. The minimum absolute atomic E-state index is 0.181. The van der Waals surface area contributed by atoms with Crippen molar-refractivity contribution in [3.63, 3.8) is 0 Å². The summed E-state index contributed by atoms with van der Waals surface area (Å²) in [6.45, 7) is 4.76. The summed E-state index contributed by atoms with van der Waals surface area (Å²) in [6, 6.07) is 0.344. The lowest BCUT2D eigenvalue weighted by molar-refractivity contribution is -0.126. The molecule has 3 N–H and O–H groups in total. The van der Waals surface area contributed by atoms with Crippen molar-refractivity contribution in [2.45, 2.75) is 52.0 Å². The zero-order chi connectivity index (χ0) is 10.6. The average molecular weight is 198 g/mol. The number of hydrogen-bond acceptors (Lipinski definition) is 2. The lowest BCUT2D eigenvalue weighted by atomic mass is 10.0. The van der Waals surface area contributed by atoms with E-state index >= 15 is 0 Å². The van der Waals surface area contributed by atoms with E-state index in [-0.39, 0.29) is 11.3 Å². The van der Waals surface area contributed by atoms with Crippen molar-refractivity contribution in [1.82, 2.24) is 5.32 Å². The summed E-state index contributed by atoms with van der Waals surface area (Å²) in [4.78, 5) is 11.8. The first kappa shape index (κ1) is 11.5. The van der Waals surface area contributed by atoms with Gasteiger partial charge in [0.05, 0.1) is 5.41 Å². The molecule has 3 heteroatoms. The molecule has 1 fully saturated rings. The van der Waals surface area contributed by atoms with Gasteiger partial charge in [0.25, 0.3) is 0 Å². The quantitative estimate of drug-likeness (QED) is 0.678. The van der Waals surface area contributed by atoms with E-state index in [1.54, 1.807) is 0 Å². The van der Waals surface area contributed by atoms with Gasteiger partial charge in [-0.05, 0) is 25.7 Å². The maximum Gasteiger partial charge on any atom is 0.227 e. The standard InChI is InChI=1S/C11H22N2O/c1-3-5-9(4-2)13-10(14)11(8-12)6-7-11/h9H,3-8,12H2,1-2H3,(H,13,14). The summed E-state index contributed by atoms with van der Waals surface area (Å²) < 4.78 is 0. The van der Waals surface area contributed by atoms with Crippen LogP contribution in [0.1, 0.15) is 46.0 Å². The Balaban J connectivity index is 2.38. The van der Waals surface area contributed by atoms with Gasteiger partial charge in [-0.2, -0.15) is 0 Å². The molecule has 1 amide bonds. The van der Waals surface area contributed by atoms with Crippen molar-refractivity contribution in [1.29, 1.82) is 0 Å². The molecule has 1 rings (SSSR count). The van der Waals surface area contributed by atoms with Crippen LogP contribution < -0.4 is 11.1 Å². The predicted octanol–water partition coefficient (Wildman–Crippen LogP) is 1.42. The van der Waals surface area contributed by atoms with Crippen LogP contribution in [0, 0.1) is 5.41 Å². The van der Waals surface area contributed by atoms with E-state index in [0.717, 1.165) is 32.1 Å². The molecule has 0 radical (unpaired) electrons. The highest BCUT2D eigenvalue weighted by molar-refractivity contribution is 5.85. The molecular weight excluding hydrogens is 176 g/mol. The lowest BCUT2D eigenvalue weighted by Gasteiger charge is -2.20. The van der Waals surface area contributed by atoms with E-state index < -0.39 is 0 Å². The van der Waals surface area contributed by atoms with Crippen LogP contribution in [-0.2, 0) is 4.79 Å². The van der Waals surface area contributed by atoms with Gasteiger partial charge in [-0.15, -0.1) is 0 Å². The summed E-state index contributed by atoms with van der Waals surface area (Å²) >= 11 is 0. The molecule has 1 saturated carbocycles. The van der Waals surface area contributed by atoms with Gasteiger partial charge in [0, 0.05) is 12.6 Å². The van der Waals surface area contributed by atoms with E-state index in [2.05, 4.69) is 19.2 Å². The average Bonchev–Trinajstić information content (AvgIpc) is 2.97. The van der Waals surface area contributed by atoms with Crippen LogP contribution in [0.3, 0.4) is 0 Å². The molecule has 3 nitrogen and oxygen atoms in total. The number of nitrogens with two attached hydrogens (primary N) is 1. The maximum absolute atomic E-state index is 11.8. The zero-order valence-corrected chi connectivity index (χ0v) is 9.31. The van der Waals surface area contributed by atoms with E-state index in [4.69, 9.17) is 5.73 Å². The number of rotatable bonds is 6. The monoisotopic (exact) mass is 198 g/mol. The molecule has 0 bridgehead atoms. The third-order valence-corrected chi connectivity index (χ3v) is 3.19. The van der Waals surface area contributed by atoms with Crippen molar-refractivity contribution >= 4 is 5.91 Å². The number of hydrogen-bond donors (Lipinski definition) is 2. The second kappa shape index (κ2) is 4.78. The van der Waals surface area contributed by atoms with E-state index in [1.165, 1.54) is 0 Å². The lowest BCUT2D eigenvalue weighted by Crippen LogP contribution is -2.42. The molecule has 82 valence electrons. The van der Waals surface area contributed by atoms with Gasteiger partial charge in [0.1, 0.15) is 0 Å². The highest BCUT2D eigenvalue weighted by atomic mass is 16.2. The first-order chi connectivity index (χ1) is 6.68. The molecule has 0 aromatic rings. The normalized spacial score (nSPS) is 20.2. The van der Waals surface area contributed by atoms with Crippen LogP contribution in [0.25, 0.3) is 0 Å². The smallest absolute Gasteiger partial charge is 0.227 e. The molecule has 1 atom stereocenters. The number of amides is 1. The van der Waals surface area contributed by atoms with Gasteiger partial charge in [-0.3, -0.25) is 4.79 Å². The number of carbonyl (C=O) groups is 1. The van der Waals surface area contributed by atoms with Crippen molar-refractivity contribution < 1.29 is 4.79 Å². The Bertz CT molecular complexity index is 199. The highest BCUT2D eigenvalue weighted by Gasteiger charge is 2.48. The molecule has 0 heterocycles. The maximum atomic E-state index is 11.8. The Hall–Kier alpha value is -0.570. The summed E-state index contributed by atoms with van der Waals surface area (Å²) in [6.07, 6.45) is 5.15. The van der Waals surface area contributed by atoms with Gasteiger partial charge in [-0.1, -0.05) is 20.3 Å². The van der Waals surface area contributed by atoms with Crippen LogP contribution in [0.2, 0.25) is 0 Å². The highest BCUT2D eigenvalue weighted by Crippen LogP contribution is 2.44. The van der Waals surface area contributed by atoms with Crippen LogP contribution >= 0.6 is 0 Å². The van der Waals surface area contributed by atoms with E-state index in [9.17, 15) is 4.79 Å². The predicted molar refractivity (Wildman–Crippen MR) is 57.9 cm³/mol. The van der Waals surface area contributed by atoms with Crippen molar-refractivity contribution in [3.05, 3.63) is 0 Å². The molecule has 1 aliphatic carbocycles. The molecule has 0 aromatic heterocycles. The first-order valence-corrected chi connectivity index (χ1v) is 5.69. The van der Waals surface area contributed by atoms with E-state index in [0.29, 0.717) is 12.6 Å². The molecule has 14 heavy (non-hydrogen) atoms. The molecule has 1 aliphatic rings. The van der Waals surface area contributed by atoms with E-state index in [1.807, 2.05) is 0 Å². The molecular formula is C11H22N2O. The molecule has 0 spiro atoms. The van der Waals surface area contributed by atoms with Crippen LogP contribution in [0.5, 0.6) is 0 Å². The fourth-order valence-electron chi connectivity index (χ4n) is 1.74. The Morgan fingerprint density at radius 2 is 2.14 bits per heavy atom. The van der Waals surface area contributed by atoms with Crippen molar-refractivity contribution in [3.8, 4) is 0 Å². The molecule has 0 aromatic carbocycles. The van der Waals surface area contributed by atoms with Gasteiger partial charge in [-0.25, -0.2) is 0 Å². The Kier molecular flexibility index (Phi) is 3.93. The number of carbonyl (C=O) groups excluding carboxylic acids is 1. The molecule has 0 saturated heterocycles. The minimum atomic E-state index is -0.193. The topological polar surface area (TPSA) is 55.1 Å². The number of nitrogens with one attached hydrogen (secondary N) is 1. The summed E-state index contributed by atoms with van der Waals surface area (Å²) in [5.74, 6) is 0.181. The van der Waals surface area contributed by atoms with Crippen molar-refractivity contribution in [2.75, 3.05) is 6.54 Å². The fourth-order valence-corrected chi connectivity index (χ4v) is 1.74. The van der Waals surface area contributed by atoms with Crippen molar-refractivity contribution in [2.24, 2.45) is 11.1 Å². The summed E-state index contributed by atoms with van der Waals surface area (Å²) in [7, 11) is 0. The Morgan fingerprint density at radius 1 is 1.50 bits per heavy atom. The molecule has 0 aliphatic heterocycles. The largest absolute Gasteiger partial charge is 0.353 e. The minimum Gasteiger partial charge on any atom is -0.353 e. The van der Waals surface area contributed by atoms with Gasteiger partial charge >= 0.3 is 0 Å². The first-order valence-electron chi connectivity index (χ1n) is 5.69. The Labute approximate surface area is 86.4 Å². The van der Waals surface area contributed by atoms with Crippen LogP contribution in [0.4, 0.5) is 0 Å². The van der Waals surface area contributed by atoms with Gasteiger partial charge in [0.2, 0.25) is 5.91 Å². The second-order valence-electron chi connectivity index (χ2n) is 4.35. The summed E-state index contributed by atoms with van der Waals surface area (Å²) in [5, 5.41) is 3.10. The van der Waals surface area contributed by atoms with Gasteiger partial charge < -0.3 is 11.1 Å². The third kappa shape index (κ3) is 2.47. The SMILES string of the molecule is CCCC(CC)NC(=O)C1(CN)CC1. The third-order valence-electron chi connectivity index (χ3n) is 3.19. The molecule has 1 unspecified atom stereocenters. The fraction of sp³-hybridized carbons (Fsp3) is 0.909. The Morgan fingerprint density at radius 3 is 2.50 bits per heavy atom. The zero-order valence-electron chi connectivity index (χ0n) is 9.31. The second-order valence-corrected chi connectivity index (χ2v) is 4.35. The van der Waals surface area contributed by atoms with Crippen LogP contribution in [-0.4, -0.2) is 18.5 Å². The van der Waals surface area contributed by atoms with Crippen LogP contribution in [0.15, 0.2) is 0 Å². The van der Waals surface area contributed by atoms with Gasteiger partial charge in [0.15, 0.2) is 0 Å².